The number of benzene rings is 2. The Hall–Kier alpha value is -3.58. The van der Waals surface area contributed by atoms with Gasteiger partial charge in [-0.05, 0) is 86.9 Å². The van der Waals surface area contributed by atoms with E-state index in [1.165, 1.54) is 44.5 Å². The third-order valence-corrected chi connectivity index (χ3v) is 6.71. The van der Waals surface area contributed by atoms with Gasteiger partial charge in [0.2, 0.25) is 0 Å². The van der Waals surface area contributed by atoms with Gasteiger partial charge in [0.05, 0.1) is 5.69 Å². The lowest BCUT2D eigenvalue weighted by atomic mass is 10.1. The van der Waals surface area contributed by atoms with Crippen molar-refractivity contribution in [3.8, 4) is 22.8 Å². The quantitative estimate of drug-likeness (QED) is 0.379. The number of aromatic nitrogens is 3. The summed E-state index contributed by atoms with van der Waals surface area (Å²) in [4.78, 5) is 7.36. The van der Waals surface area contributed by atoms with Crippen LogP contribution in [0.2, 0.25) is 0 Å². The molecule has 1 saturated heterocycles. The maximum absolute atomic E-state index is 5.78. The lowest BCUT2D eigenvalue weighted by Gasteiger charge is -2.19. The van der Waals surface area contributed by atoms with E-state index in [1.54, 1.807) is 0 Å². The average Bonchev–Trinajstić information content (AvgIpc) is 3.56. The molecule has 0 spiro atoms. The van der Waals surface area contributed by atoms with Gasteiger partial charge in [0.25, 0.3) is 0 Å². The molecular formula is C28H31N5O2. The maximum atomic E-state index is 5.78. The van der Waals surface area contributed by atoms with Gasteiger partial charge in [-0.25, -0.2) is 9.50 Å². The van der Waals surface area contributed by atoms with Crippen LogP contribution in [-0.2, 0) is 6.42 Å². The number of pyridine rings is 1. The first kappa shape index (κ1) is 21.9. The molecule has 180 valence electrons. The van der Waals surface area contributed by atoms with Crippen LogP contribution in [0.15, 0.2) is 60.7 Å². The molecule has 2 aliphatic heterocycles. The molecule has 0 aliphatic carbocycles. The molecule has 2 aliphatic rings. The number of nitrogens with one attached hydrogen (secondary N) is 1. The highest BCUT2D eigenvalue weighted by atomic mass is 16.6. The van der Waals surface area contributed by atoms with Crippen LogP contribution in [0.5, 0.6) is 11.5 Å². The van der Waals surface area contributed by atoms with Crippen molar-refractivity contribution in [3.05, 3.63) is 72.1 Å². The first-order valence-electron chi connectivity index (χ1n) is 12.6. The second-order valence-corrected chi connectivity index (χ2v) is 9.27. The Balaban J connectivity index is 1.16. The monoisotopic (exact) mass is 469 g/mol. The Morgan fingerprint density at radius 3 is 2.66 bits per heavy atom. The van der Waals surface area contributed by atoms with Crippen molar-refractivity contribution in [1.82, 2.24) is 19.5 Å². The lowest BCUT2D eigenvalue weighted by molar-refractivity contribution is 0.171. The van der Waals surface area contributed by atoms with Gasteiger partial charge in [-0.2, -0.15) is 5.10 Å². The predicted molar refractivity (Wildman–Crippen MR) is 137 cm³/mol. The first-order chi connectivity index (χ1) is 17.3. The van der Waals surface area contributed by atoms with Crippen LogP contribution in [0, 0.1) is 0 Å². The van der Waals surface area contributed by atoms with E-state index in [9.17, 15) is 0 Å². The number of likely N-dealkylation sites (tertiary alicyclic amines) is 1. The second kappa shape index (κ2) is 9.96. The zero-order valence-corrected chi connectivity index (χ0v) is 19.9. The summed E-state index contributed by atoms with van der Waals surface area (Å²) in [5, 5.41) is 8.44. The molecule has 0 atom stereocenters. The highest BCUT2D eigenvalue weighted by Gasteiger charge is 2.15. The van der Waals surface area contributed by atoms with Crippen molar-refractivity contribution in [2.45, 2.75) is 25.7 Å². The van der Waals surface area contributed by atoms with E-state index in [0.29, 0.717) is 19.6 Å². The Kier molecular flexibility index (Phi) is 6.24. The molecule has 6 rings (SSSR count). The lowest BCUT2D eigenvalue weighted by Crippen LogP contribution is -2.22. The Labute approximate surface area is 205 Å². The molecule has 35 heavy (non-hydrogen) atoms. The minimum absolute atomic E-state index is 0.570. The van der Waals surface area contributed by atoms with E-state index in [4.69, 9.17) is 19.6 Å². The summed E-state index contributed by atoms with van der Waals surface area (Å²) >= 11 is 0. The summed E-state index contributed by atoms with van der Waals surface area (Å²) in [6.45, 7) is 5.86. The molecule has 7 heteroatoms. The van der Waals surface area contributed by atoms with Crippen LogP contribution in [0.25, 0.3) is 16.9 Å². The van der Waals surface area contributed by atoms with Crippen molar-refractivity contribution < 1.29 is 9.47 Å². The third kappa shape index (κ3) is 4.95. The number of fused-ring (bicyclic) bond motifs is 2. The molecule has 4 heterocycles. The minimum Gasteiger partial charge on any atom is -0.486 e. The van der Waals surface area contributed by atoms with E-state index in [0.717, 1.165) is 46.5 Å². The van der Waals surface area contributed by atoms with Gasteiger partial charge < -0.3 is 19.7 Å². The van der Waals surface area contributed by atoms with Gasteiger partial charge >= 0.3 is 0 Å². The summed E-state index contributed by atoms with van der Waals surface area (Å²) in [5.41, 5.74) is 5.20. The number of ether oxygens (including phenoxy) is 2. The average molecular weight is 470 g/mol. The van der Waals surface area contributed by atoms with E-state index in [2.05, 4.69) is 40.5 Å². The van der Waals surface area contributed by atoms with E-state index < -0.39 is 0 Å². The van der Waals surface area contributed by atoms with Crippen molar-refractivity contribution in [1.29, 1.82) is 0 Å². The summed E-state index contributed by atoms with van der Waals surface area (Å²) in [7, 11) is 0. The second-order valence-electron chi connectivity index (χ2n) is 9.27. The highest BCUT2D eigenvalue weighted by Crippen LogP contribution is 2.34. The number of nitrogens with zero attached hydrogens (tertiary/aromatic N) is 4. The normalized spacial score (nSPS) is 15.5. The summed E-state index contributed by atoms with van der Waals surface area (Å²) in [5.74, 6) is 2.37. The SMILES string of the molecule is c1cc(Cc2nc3cccc(-c4ccc5c(c4)OCCO5)n3n2)cc(NCCCN2CCCC2)c1. The first-order valence-corrected chi connectivity index (χ1v) is 12.6. The maximum Gasteiger partial charge on any atom is 0.162 e. The zero-order valence-electron chi connectivity index (χ0n) is 19.9. The Bertz CT molecular complexity index is 1310. The molecule has 0 bridgehead atoms. The Morgan fingerprint density at radius 2 is 1.74 bits per heavy atom. The number of hydrogen-bond donors (Lipinski definition) is 1. The van der Waals surface area contributed by atoms with Crippen LogP contribution in [0.4, 0.5) is 5.69 Å². The summed E-state index contributed by atoms with van der Waals surface area (Å²) < 4.78 is 13.4. The fraction of sp³-hybridized carbons (Fsp3) is 0.357. The zero-order chi connectivity index (χ0) is 23.5. The largest absolute Gasteiger partial charge is 0.486 e. The molecule has 0 saturated carbocycles. The molecule has 4 aromatic rings. The van der Waals surface area contributed by atoms with E-state index >= 15 is 0 Å². The van der Waals surface area contributed by atoms with Gasteiger partial charge in [0.15, 0.2) is 23.0 Å². The van der Waals surface area contributed by atoms with Gasteiger partial charge in [-0.3, -0.25) is 0 Å². The minimum atomic E-state index is 0.570. The van der Waals surface area contributed by atoms with Crippen LogP contribution < -0.4 is 14.8 Å². The smallest absolute Gasteiger partial charge is 0.162 e. The number of anilines is 1. The Morgan fingerprint density at radius 1 is 0.886 bits per heavy atom. The van der Waals surface area contributed by atoms with Crippen molar-refractivity contribution in [2.24, 2.45) is 0 Å². The molecule has 1 fully saturated rings. The molecule has 0 radical (unpaired) electrons. The molecule has 2 aromatic heterocycles. The highest BCUT2D eigenvalue weighted by molar-refractivity contribution is 5.66. The van der Waals surface area contributed by atoms with Crippen LogP contribution >= 0.6 is 0 Å². The molecule has 7 nitrogen and oxygen atoms in total. The van der Waals surface area contributed by atoms with Crippen molar-refractivity contribution in [2.75, 3.05) is 44.7 Å². The van der Waals surface area contributed by atoms with E-state index in [1.807, 2.05) is 34.8 Å². The number of rotatable bonds is 8. The third-order valence-electron chi connectivity index (χ3n) is 6.71. The fourth-order valence-electron chi connectivity index (χ4n) is 4.96. The molecular weight excluding hydrogens is 438 g/mol. The van der Waals surface area contributed by atoms with Crippen molar-refractivity contribution >= 4 is 11.3 Å². The van der Waals surface area contributed by atoms with Gasteiger partial charge in [-0.15, -0.1) is 0 Å². The number of hydrogen-bond acceptors (Lipinski definition) is 6. The summed E-state index contributed by atoms with van der Waals surface area (Å²) in [6.07, 6.45) is 4.56. The summed E-state index contributed by atoms with van der Waals surface area (Å²) in [6, 6.07) is 20.7. The fourth-order valence-corrected chi connectivity index (χ4v) is 4.96. The predicted octanol–water partition coefficient (Wildman–Crippen LogP) is 4.66. The van der Waals surface area contributed by atoms with Crippen LogP contribution in [0.3, 0.4) is 0 Å². The van der Waals surface area contributed by atoms with Crippen LogP contribution in [0.1, 0.15) is 30.7 Å². The molecule has 0 amide bonds. The molecule has 1 N–H and O–H groups in total. The van der Waals surface area contributed by atoms with Gasteiger partial charge in [0.1, 0.15) is 13.2 Å². The standard InChI is InChI=1S/C28H31N5O2/c1-2-14-32(13-1)15-5-12-29-23-7-3-6-21(18-23)19-27-30-28-9-4-8-24(33(28)31-27)22-10-11-25-26(20-22)35-17-16-34-25/h3-4,6-11,18,20,29H,1-2,5,12-17,19H2. The van der Waals surface area contributed by atoms with Crippen molar-refractivity contribution in [3.63, 3.8) is 0 Å². The molecule has 2 aromatic carbocycles. The van der Waals surface area contributed by atoms with Gasteiger partial charge in [-0.1, -0.05) is 18.2 Å². The van der Waals surface area contributed by atoms with Gasteiger partial charge in [0, 0.05) is 24.2 Å². The molecule has 0 unspecified atom stereocenters. The topological polar surface area (TPSA) is 63.9 Å². The van der Waals surface area contributed by atoms with E-state index in [-0.39, 0.29) is 0 Å². The van der Waals surface area contributed by atoms with Crippen LogP contribution in [-0.4, -0.2) is 58.9 Å².